The van der Waals surface area contributed by atoms with Crippen molar-refractivity contribution in [2.45, 2.75) is 31.2 Å². The fraction of sp³-hybridized carbons (Fsp3) is 0.400. The van der Waals surface area contributed by atoms with Gasteiger partial charge in [-0.05, 0) is 60.7 Å². The summed E-state index contributed by atoms with van der Waals surface area (Å²) in [6, 6.07) is 13.7. The predicted molar refractivity (Wildman–Crippen MR) is 94.7 cm³/mol. The zero-order valence-corrected chi connectivity index (χ0v) is 14.4. The highest BCUT2D eigenvalue weighted by Gasteiger charge is 2.36. The first-order valence-electron chi connectivity index (χ1n) is 8.33. The highest BCUT2D eigenvalue weighted by Crippen LogP contribution is 2.44. The van der Waals surface area contributed by atoms with Crippen LogP contribution in [0, 0.1) is 0 Å². The van der Waals surface area contributed by atoms with Crippen LogP contribution in [0.5, 0.6) is 5.75 Å². The summed E-state index contributed by atoms with van der Waals surface area (Å²) in [5, 5.41) is 0.719. The average Bonchev–Trinajstić information content (AvgIpc) is 2.71. The van der Waals surface area contributed by atoms with Gasteiger partial charge in [0.25, 0.3) is 0 Å². The van der Waals surface area contributed by atoms with E-state index >= 15 is 0 Å². The maximum absolute atomic E-state index is 6.39. The van der Waals surface area contributed by atoms with Crippen molar-refractivity contribution in [3.05, 3.63) is 63.7 Å². The molecule has 1 aliphatic heterocycles. The molecule has 0 unspecified atom stereocenters. The first-order valence-corrected chi connectivity index (χ1v) is 8.71. The molecule has 0 saturated carbocycles. The molecule has 0 radical (unpaired) electrons. The van der Waals surface area contributed by atoms with Crippen molar-refractivity contribution >= 4 is 11.6 Å². The lowest BCUT2D eigenvalue weighted by Gasteiger charge is -2.38. The van der Waals surface area contributed by atoms with Gasteiger partial charge in [0.2, 0.25) is 0 Å². The lowest BCUT2D eigenvalue weighted by Crippen LogP contribution is -2.39. The van der Waals surface area contributed by atoms with Gasteiger partial charge in [0.15, 0.2) is 0 Å². The number of benzene rings is 2. The van der Waals surface area contributed by atoms with Gasteiger partial charge in [0.1, 0.15) is 5.75 Å². The van der Waals surface area contributed by atoms with E-state index in [1.807, 2.05) is 0 Å². The van der Waals surface area contributed by atoms with Crippen LogP contribution < -0.4 is 4.74 Å². The van der Waals surface area contributed by atoms with E-state index in [4.69, 9.17) is 16.3 Å². The number of fused-ring (bicyclic) bond motifs is 5. The van der Waals surface area contributed by atoms with Crippen LogP contribution in [0.3, 0.4) is 0 Å². The van der Waals surface area contributed by atoms with Crippen molar-refractivity contribution in [3.8, 4) is 5.75 Å². The molecule has 1 aliphatic carbocycles. The summed E-state index contributed by atoms with van der Waals surface area (Å²) in [6.45, 7) is 1.08. The average molecular weight is 328 g/mol. The zero-order valence-electron chi connectivity index (χ0n) is 13.7. The summed E-state index contributed by atoms with van der Waals surface area (Å²) in [4.78, 5) is 2.53. The third-order valence-electron chi connectivity index (χ3n) is 5.53. The second-order valence-electron chi connectivity index (χ2n) is 6.70. The number of ether oxygens (including phenoxy) is 1. The zero-order chi connectivity index (χ0) is 16.0. The summed E-state index contributed by atoms with van der Waals surface area (Å²) in [7, 11) is 3.96. The van der Waals surface area contributed by atoms with Gasteiger partial charge >= 0.3 is 0 Å². The largest absolute Gasteiger partial charge is 0.495 e. The second-order valence-corrected chi connectivity index (χ2v) is 7.11. The molecule has 2 aliphatic rings. The van der Waals surface area contributed by atoms with Crippen molar-refractivity contribution in [3.63, 3.8) is 0 Å². The third kappa shape index (κ3) is 2.45. The van der Waals surface area contributed by atoms with E-state index in [0.717, 1.165) is 23.7 Å². The Morgan fingerprint density at radius 1 is 1.09 bits per heavy atom. The van der Waals surface area contributed by atoms with Crippen LogP contribution in [0.1, 0.15) is 34.6 Å². The molecule has 120 valence electrons. The molecule has 2 atom stereocenters. The third-order valence-corrected chi connectivity index (χ3v) is 5.83. The molecule has 2 aromatic carbocycles. The molecule has 0 saturated heterocycles. The van der Waals surface area contributed by atoms with Crippen molar-refractivity contribution in [2.24, 2.45) is 0 Å². The maximum atomic E-state index is 6.39. The van der Waals surface area contributed by atoms with Crippen molar-refractivity contribution in [1.82, 2.24) is 4.90 Å². The molecule has 0 bridgehead atoms. The Morgan fingerprint density at radius 2 is 1.91 bits per heavy atom. The lowest BCUT2D eigenvalue weighted by molar-refractivity contribution is 0.214. The van der Waals surface area contributed by atoms with Crippen LogP contribution in [-0.4, -0.2) is 31.6 Å². The van der Waals surface area contributed by atoms with Gasteiger partial charge in [0.05, 0.1) is 12.1 Å². The Balaban J connectivity index is 1.93. The Hall–Kier alpha value is -1.51. The summed E-state index contributed by atoms with van der Waals surface area (Å²) >= 11 is 6.39. The van der Waals surface area contributed by atoms with Crippen LogP contribution >= 0.6 is 11.6 Å². The SMILES string of the molecule is COc1cc2c(cc1Cl)CCN(C)[C@H]1CCc3ccccc3[C@@H]21. The smallest absolute Gasteiger partial charge is 0.137 e. The number of hydrogen-bond acceptors (Lipinski definition) is 2. The van der Waals surface area contributed by atoms with E-state index in [-0.39, 0.29) is 0 Å². The van der Waals surface area contributed by atoms with E-state index in [1.54, 1.807) is 7.11 Å². The topological polar surface area (TPSA) is 12.5 Å². The normalized spacial score (nSPS) is 23.4. The molecular weight excluding hydrogens is 306 g/mol. The fourth-order valence-electron chi connectivity index (χ4n) is 4.33. The van der Waals surface area contributed by atoms with Gasteiger partial charge in [-0.25, -0.2) is 0 Å². The van der Waals surface area contributed by atoms with Crippen molar-refractivity contribution in [2.75, 3.05) is 20.7 Å². The first kappa shape index (κ1) is 15.0. The molecule has 2 nitrogen and oxygen atoms in total. The van der Waals surface area contributed by atoms with E-state index in [9.17, 15) is 0 Å². The predicted octanol–water partition coefficient (Wildman–Crippen LogP) is 4.28. The molecule has 3 heteroatoms. The van der Waals surface area contributed by atoms with E-state index < -0.39 is 0 Å². The molecule has 4 rings (SSSR count). The fourth-order valence-corrected chi connectivity index (χ4v) is 4.59. The minimum Gasteiger partial charge on any atom is -0.495 e. The van der Waals surface area contributed by atoms with Crippen molar-refractivity contribution < 1.29 is 4.74 Å². The number of halogens is 1. The summed E-state index contributed by atoms with van der Waals surface area (Å²) in [5.41, 5.74) is 5.73. The number of rotatable bonds is 1. The van der Waals surface area contributed by atoms with Crippen LogP contribution in [0.4, 0.5) is 0 Å². The Kier molecular flexibility index (Phi) is 3.82. The molecule has 0 aromatic heterocycles. The van der Waals surface area contributed by atoms with E-state index in [0.29, 0.717) is 12.0 Å². The minimum atomic E-state index is 0.411. The van der Waals surface area contributed by atoms with Gasteiger partial charge in [-0.3, -0.25) is 0 Å². The summed E-state index contributed by atoms with van der Waals surface area (Å²) in [5.74, 6) is 1.20. The van der Waals surface area contributed by atoms with Gasteiger partial charge in [-0.2, -0.15) is 0 Å². The quantitative estimate of drug-likeness (QED) is 0.775. The molecule has 23 heavy (non-hydrogen) atoms. The Bertz CT molecular complexity index is 742. The maximum Gasteiger partial charge on any atom is 0.137 e. The van der Waals surface area contributed by atoms with Crippen LogP contribution in [-0.2, 0) is 12.8 Å². The Labute approximate surface area is 143 Å². The molecule has 0 N–H and O–H groups in total. The van der Waals surface area contributed by atoms with Gasteiger partial charge < -0.3 is 9.64 Å². The molecule has 0 fully saturated rings. The monoisotopic (exact) mass is 327 g/mol. The van der Waals surface area contributed by atoms with E-state index in [2.05, 4.69) is 48.3 Å². The molecule has 1 heterocycles. The van der Waals surface area contributed by atoms with Gasteiger partial charge in [0, 0.05) is 18.5 Å². The molecule has 0 spiro atoms. The summed E-state index contributed by atoms with van der Waals surface area (Å²) in [6.07, 6.45) is 3.43. The Morgan fingerprint density at radius 3 is 2.74 bits per heavy atom. The van der Waals surface area contributed by atoms with Crippen LogP contribution in [0.15, 0.2) is 36.4 Å². The number of nitrogens with zero attached hydrogens (tertiary/aromatic N) is 1. The number of methoxy groups -OCH3 is 1. The van der Waals surface area contributed by atoms with Crippen LogP contribution in [0.25, 0.3) is 0 Å². The van der Waals surface area contributed by atoms with E-state index in [1.165, 1.54) is 35.1 Å². The summed E-state index contributed by atoms with van der Waals surface area (Å²) < 4.78 is 5.50. The van der Waals surface area contributed by atoms with Gasteiger partial charge in [-0.1, -0.05) is 35.9 Å². The highest BCUT2D eigenvalue weighted by molar-refractivity contribution is 6.32. The van der Waals surface area contributed by atoms with Crippen LogP contribution in [0.2, 0.25) is 5.02 Å². The van der Waals surface area contributed by atoms with Crippen molar-refractivity contribution in [1.29, 1.82) is 0 Å². The second kappa shape index (κ2) is 5.85. The van der Waals surface area contributed by atoms with Gasteiger partial charge in [-0.15, -0.1) is 0 Å². The number of aryl methyl sites for hydroxylation is 1. The molecular formula is C20H22ClNO. The first-order chi connectivity index (χ1) is 11.2. The standard InChI is InChI=1S/C20H22ClNO/c1-22-10-9-14-11-17(21)19(23-2)12-16(14)20-15-6-4-3-5-13(15)7-8-18(20)22/h3-6,11-12,18,20H,7-10H2,1-2H3/t18-,20-/m0/s1. The minimum absolute atomic E-state index is 0.411. The molecule has 2 aromatic rings. The highest BCUT2D eigenvalue weighted by atomic mass is 35.5. The molecule has 0 amide bonds. The number of likely N-dealkylation sites (N-methyl/N-ethyl adjacent to an activating group) is 1. The lowest BCUT2D eigenvalue weighted by atomic mass is 9.74. The number of hydrogen-bond donors (Lipinski definition) is 0.